The van der Waals surface area contributed by atoms with Crippen LogP contribution in [0.15, 0.2) is 24.3 Å². The van der Waals surface area contributed by atoms with Gasteiger partial charge in [-0.25, -0.2) is 9.97 Å². The van der Waals surface area contributed by atoms with Crippen molar-refractivity contribution >= 4 is 39.0 Å². The fourth-order valence-corrected chi connectivity index (χ4v) is 6.63. The molecule has 0 bridgehead atoms. The first kappa shape index (κ1) is 23.7. The number of nitro benzene ring substituents is 1. The summed E-state index contributed by atoms with van der Waals surface area (Å²) in [5.41, 5.74) is 1.99. The summed E-state index contributed by atoms with van der Waals surface area (Å²) in [5, 5.41) is 12.3. The van der Waals surface area contributed by atoms with Crippen LogP contribution < -0.4 is 4.90 Å². The fraction of sp³-hybridized carbons (Fsp3) is 0.500. The number of anilines is 1. The zero-order valence-electron chi connectivity index (χ0n) is 20.7. The average molecular weight is 494 g/mol. The zero-order chi connectivity index (χ0) is 24.9. The third-order valence-corrected chi connectivity index (χ3v) is 8.54. The van der Waals surface area contributed by atoms with Gasteiger partial charge in [0.1, 0.15) is 16.5 Å². The lowest BCUT2D eigenvalue weighted by Crippen LogP contribution is -2.49. The minimum atomic E-state index is -0.470. The summed E-state index contributed by atoms with van der Waals surface area (Å²) >= 11 is 1.82. The number of hydrogen-bond donors (Lipinski definition) is 0. The van der Waals surface area contributed by atoms with Crippen LogP contribution in [0.3, 0.4) is 0 Å². The molecule has 2 aliphatic rings. The molecular formula is C26H31N5O3S. The van der Waals surface area contributed by atoms with Crippen LogP contribution in [0.5, 0.6) is 0 Å². The number of rotatable bonds is 3. The van der Waals surface area contributed by atoms with Crippen molar-refractivity contribution in [3.05, 3.63) is 56.2 Å². The highest BCUT2D eigenvalue weighted by atomic mass is 32.1. The van der Waals surface area contributed by atoms with Gasteiger partial charge in [-0.3, -0.25) is 14.9 Å². The first-order valence-electron chi connectivity index (χ1n) is 12.2. The molecular weight excluding hydrogens is 462 g/mol. The number of benzene rings is 1. The normalized spacial score (nSPS) is 18.6. The van der Waals surface area contributed by atoms with Gasteiger partial charge in [-0.1, -0.05) is 26.8 Å². The van der Waals surface area contributed by atoms with Gasteiger partial charge in [0.25, 0.3) is 11.6 Å². The molecule has 1 fully saturated rings. The summed E-state index contributed by atoms with van der Waals surface area (Å²) in [4.78, 5) is 39.9. The highest BCUT2D eigenvalue weighted by molar-refractivity contribution is 7.19. The second kappa shape index (κ2) is 8.86. The van der Waals surface area contributed by atoms with Gasteiger partial charge in [-0.15, -0.1) is 11.3 Å². The minimum Gasteiger partial charge on any atom is -0.352 e. The number of carbonyl (C=O) groups excluding carboxylic acids is 1. The van der Waals surface area contributed by atoms with Gasteiger partial charge in [0, 0.05) is 48.8 Å². The first-order valence-corrected chi connectivity index (χ1v) is 13.0. The molecule has 0 radical (unpaired) electrons. The Morgan fingerprint density at radius 3 is 2.60 bits per heavy atom. The van der Waals surface area contributed by atoms with Crippen molar-refractivity contribution in [2.75, 3.05) is 31.1 Å². The molecule has 1 saturated heterocycles. The van der Waals surface area contributed by atoms with Crippen LogP contribution in [-0.2, 0) is 12.8 Å². The molecule has 2 aromatic heterocycles. The van der Waals surface area contributed by atoms with E-state index in [1.165, 1.54) is 34.4 Å². The van der Waals surface area contributed by atoms with Crippen molar-refractivity contribution in [1.29, 1.82) is 0 Å². The van der Waals surface area contributed by atoms with Gasteiger partial charge in [-0.2, -0.15) is 0 Å². The predicted molar refractivity (Wildman–Crippen MR) is 138 cm³/mol. The zero-order valence-corrected chi connectivity index (χ0v) is 21.5. The number of nitrogens with zero attached hydrogens (tertiary/aromatic N) is 5. The number of piperazine rings is 1. The molecule has 3 heterocycles. The molecule has 0 N–H and O–H groups in total. The molecule has 0 saturated carbocycles. The average Bonchev–Trinajstić information content (AvgIpc) is 3.20. The molecule has 1 aliphatic heterocycles. The van der Waals surface area contributed by atoms with Crippen molar-refractivity contribution in [2.24, 2.45) is 11.3 Å². The van der Waals surface area contributed by atoms with E-state index in [1.54, 1.807) is 17.0 Å². The van der Waals surface area contributed by atoms with E-state index in [0.717, 1.165) is 29.3 Å². The summed E-state index contributed by atoms with van der Waals surface area (Å²) in [6.07, 6.45) is 3.34. The van der Waals surface area contributed by atoms with Crippen LogP contribution in [-0.4, -0.2) is 51.9 Å². The Morgan fingerprint density at radius 1 is 1.17 bits per heavy atom. The van der Waals surface area contributed by atoms with E-state index >= 15 is 0 Å². The number of fused-ring (bicyclic) bond motifs is 3. The molecule has 1 aromatic carbocycles. The third kappa shape index (κ3) is 4.49. The van der Waals surface area contributed by atoms with E-state index in [1.807, 2.05) is 18.3 Å². The second-order valence-corrected chi connectivity index (χ2v) is 11.8. The van der Waals surface area contributed by atoms with Crippen molar-refractivity contribution in [1.82, 2.24) is 14.9 Å². The van der Waals surface area contributed by atoms with Crippen molar-refractivity contribution in [3.8, 4) is 0 Å². The quantitative estimate of drug-likeness (QED) is 0.376. The van der Waals surface area contributed by atoms with E-state index in [4.69, 9.17) is 9.97 Å². The third-order valence-electron chi connectivity index (χ3n) is 7.40. The molecule has 3 aromatic rings. The number of aromatic nitrogens is 2. The van der Waals surface area contributed by atoms with E-state index in [0.29, 0.717) is 43.1 Å². The van der Waals surface area contributed by atoms with Gasteiger partial charge in [0.2, 0.25) is 0 Å². The number of amides is 1. The Morgan fingerprint density at radius 2 is 1.91 bits per heavy atom. The van der Waals surface area contributed by atoms with Crippen LogP contribution in [0, 0.1) is 28.4 Å². The minimum absolute atomic E-state index is 0.0655. The number of thiophene rings is 1. The molecule has 1 atom stereocenters. The van der Waals surface area contributed by atoms with Crippen LogP contribution >= 0.6 is 11.3 Å². The lowest BCUT2D eigenvalue weighted by molar-refractivity contribution is -0.384. The smallest absolute Gasteiger partial charge is 0.270 e. The predicted octanol–water partition coefficient (Wildman–Crippen LogP) is 5.02. The summed E-state index contributed by atoms with van der Waals surface area (Å²) in [5.74, 6) is 2.26. The van der Waals surface area contributed by atoms with Gasteiger partial charge in [0.15, 0.2) is 0 Å². The molecule has 5 rings (SSSR count). The number of non-ortho nitro benzene ring substituents is 1. The number of nitro groups is 1. The van der Waals surface area contributed by atoms with Gasteiger partial charge < -0.3 is 9.80 Å². The molecule has 0 spiro atoms. The van der Waals surface area contributed by atoms with Crippen molar-refractivity contribution < 1.29 is 9.72 Å². The summed E-state index contributed by atoms with van der Waals surface area (Å²) in [6, 6.07) is 5.96. The Hall–Kier alpha value is -3.07. The van der Waals surface area contributed by atoms with Crippen LogP contribution in [0.25, 0.3) is 10.2 Å². The highest BCUT2D eigenvalue weighted by Crippen LogP contribution is 2.45. The number of hydrogen-bond acceptors (Lipinski definition) is 7. The first-order chi connectivity index (χ1) is 16.6. The largest absolute Gasteiger partial charge is 0.352 e. The molecule has 35 heavy (non-hydrogen) atoms. The fourth-order valence-electron chi connectivity index (χ4n) is 5.29. The summed E-state index contributed by atoms with van der Waals surface area (Å²) < 4.78 is 0. The van der Waals surface area contributed by atoms with Gasteiger partial charge >= 0.3 is 0 Å². The maximum Gasteiger partial charge on any atom is 0.270 e. The Balaban J connectivity index is 1.38. The molecule has 184 valence electrons. The molecule has 0 unspecified atom stereocenters. The van der Waals surface area contributed by atoms with Gasteiger partial charge in [-0.05, 0) is 49.1 Å². The lowest BCUT2D eigenvalue weighted by atomic mass is 9.72. The maximum atomic E-state index is 13.0. The molecule has 9 heteroatoms. The molecule has 8 nitrogen and oxygen atoms in total. The van der Waals surface area contributed by atoms with Crippen LogP contribution in [0.1, 0.15) is 53.8 Å². The topological polar surface area (TPSA) is 92.5 Å². The monoisotopic (exact) mass is 493 g/mol. The Kier molecular flexibility index (Phi) is 5.99. The standard InChI is InChI=1S/C26H31N5O3S/c1-16-27-23(22-20-9-8-18(26(2,3)4)15-21(20)35-24(22)28-16)29-10-12-30(13-11-29)25(32)17-6-5-7-19(14-17)31(33)34/h5-7,14,18H,8-13,15H2,1-4H3/t18-/m0/s1. The SMILES string of the molecule is Cc1nc(N2CCN(C(=O)c3cccc([N+](=O)[O-])c3)CC2)c2c3c(sc2n1)C[C@@H](C(C)(C)C)CC3. The van der Waals surface area contributed by atoms with E-state index in [9.17, 15) is 14.9 Å². The maximum absolute atomic E-state index is 13.0. The van der Waals surface area contributed by atoms with Crippen LogP contribution in [0.2, 0.25) is 0 Å². The summed E-state index contributed by atoms with van der Waals surface area (Å²) in [7, 11) is 0. The molecule has 1 amide bonds. The summed E-state index contributed by atoms with van der Waals surface area (Å²) in [6.45, 7) is 11.4. The Bertz CT molecular complexity index is 1300. The van der Waals surface area contributed by atoms with E-state index in [-0.39, 0.29) is 11.6 Å². The lowest BCUT2D eigenvalue weighted by Gasteiger charge is -2.36. The number of carbonyl (C=O) groups is 1. The highest BCUT2D eigenvalue weighted by Gasteiger charge is 2.33. The van der Waals surface area contributed by atoms with Crippen molar-refractivity contribution in [2.45, 2.75) is 47.0 Å². The van der Waals surface area contributed by atoms with E-state index < -0.39 is 4.92 Å². The van der Waals surface area contributed by atoms with E-state index in [2.05, 4.69) is 25.7 Å². The second-order valence-electron chi connectivity index (χ2n) is 10.7. The van der Waals surface area contributed by atoms with Crippen LogP contribution in [0.4, 0.5) is 11.5 Å². The number of aryl methyl sites for hydroxylation is 2. The van der Waals surface area contributed by atoms with Gasteiger partial charge in [0.05, 0.1) is 10.3 Å². The molecule has 1 aliphatic carbocycles. The Labute approximate surface area is 209 Å². The van der Waals surface area contributed by atoms with Crippen molar-refractivity contribution in [3.63, 3.8) is 0 Å².